The molecule has 2 rings (SSSR count). The molecule has 0 aliphatic heterocycles. The largest absolute Gasteiger partial charge is 0.305 e. The van der Waals surface area contributed by atoms with Crippen molar-refractivity contribution in [2.45, 2.75) is 13.0 Å². The zero-order valence-electron chi connectivity index (χ0n) is 8.72. The number of hydrogen-bond acceptors (Lipinski definition) is 5. The zero-order valence-corrected chi connectivity index (χ0v) is 9.54. The summed E-state index contributed by atoms with van der Waals surface area (Å²) < 4.78 is 17.4. The molecule has 2 aromatic rings. The van der Waals surface area contributed by atoms with Gasteiger partial charge >= 0.3 is 0 Å². The minimum Gasteiger partial charge on any atom is -0.305 e. The van der Waals surface area contributed by atoms with Gasteiger partial charge < -0.3 is 5.32 Å². The van der Waals surface area contributed by atoms with Crippen LogP contribution in [-0.4, -0.2) is 21.1 Å². The van der Waals surface area contributed by atoms with Gasteiger partial charge in [0, 0.05) is 17.1 Å². The maximum Gasteiger partial charge on any atom is 0.146 e. The SMILES string of the molecule is CCNC(c1csnn1)c1ccncc1F. The molecule has 0 radical (unpaired) electrons. The summed E-state index contributed by atoms with van der Waals surface area (Å²) in [5.41, 5.74) is 1.28. The Bertz CT molecular complexity index is 446. The van der Waals surface area contributed by atoms with Crippen LogP contribution in [0.3, 0.4) is 0 Å². The van der Waals surface area contributed by atoms with E-state index in [0.29, 0.717) is 5.56 Å². The maximum absolute atomic E-state index is 13.6. The molecule has 0 amide bonds. The summed E-state index contributed by atoms with van der Waals surface area (Å²) in [5.74, 6) is -0.332. The first-order valence-corrected chi connectivity index (χ1v) is 5.76. The first kappa shape index (κ1) is 11.1. The number of hydrogen-bond donors (Lipinski definition) is 1. The fourth-order valence-corrected chi connectivity index (χ4v) is 1.98. The Kier molecular flexibility index (Phi) is 3.53. The van der Waals surface area contributed by atoms with Crippen LogP contribution >= 0.6 is 11.5 Å². The topological polar surface area (TPSA) is 50.7 Å². The van der Waals surface area contributed by atoms with E-state index in [1.807, 2.05) is 12.3 Å². The van der Waals surface area contributed by atoms with E-state index in [0.717, 1.165) is 12.2 Å². The third-order valence-electron chi connectivity index (χ3n) is 2.20. The van der Waals surface area contributed by atoms with Gasteiger partial charge in [0.15, 0.2) is 0 Å². The Balaban J connectivity index is 2.37. The van der Waals surface area contributed by atoms with Gasteiger partial charge in [-0.2, -0.15) is 0 Å². The molecule has 16 heavy (non-hydrogen) atoms. The van der Waals surface area contributed by atoms with Gasteiger partial charge in [-0.05, 0) is 24.1 Å². The molecule has 1 atom stereocenters. The van der Waals surface area contributed by atoms with Crippen LogP contribution in [0, 0.1) is 5.82 Å². The summed E-state index contributed by atoms with van der Waals surface area (Å²) in [7, 11) is 0. The summed E-state index contributed by atoms with van der Waals surface area (Å²) in [6.45, 7) is 2.69. The molecular formula is C10H11FN4S. The molecule has 1 N–H and O–H groups in total. The van der Waals surface area contributed by atoms with Crippen LogP contribution in [0.25, 0.3) is 0 Å². The summed E-state index contributed by atoms with van der Waals surface area (Å²) in [5, 5.41) is 8.96. The highest BCUT2D eigenvalue weighted by atomic mass is 32.1. The molecular weight excluding hydrogens is 227 g/mol. The summed E-state index contributed by atoms with van der Waals surface area (Å²) in [4.78, 5) is 3.73. The number of nitrogens with zero attached hydrogens (tertiary/aromatic N) is 3. The van der Waals surface area contributed by atoms with Gasteiger partial charge in [0.2, 0.25) is 0 Å². The number of halogens is 1. The first-order chi connectivity index (χ1) is 7.83. The van der Waals surface area contributed by atoms with Crippen LogP contribution in [0.15, 0.2) is 23.8 Å². The second-order valence-corrected chi connectivity index (χ2v) is 3.83. The molecule has 84 valence electrons. The molecule has 0 saturated heterocycles. The minimum absolute atomic E-state index is 0.258. The normalized spacial score (nSPS) is 12.6. The predicted molar refractivity (Wildman–Crippen MR) is 59.6 cm³/mol. The van der Waals surface area contributed by atoms with Crippen LogP contribution < -0.4 is 5.32 Å². The van der Waals surface area contributed by atoms with E-state index in [-0.39, 0.29) is 11.9 Å². The number of pyridine rings is 1. The maximum atomic E-state index is 13.6. The second kappa shape index (κ2) is 5.09. The van der Waals surface area contributed by atoms with Gasteiger partial charge in [-0.1, -0.05) is 11.4 Å². The fourth-order valence-electron chi connectivity index (χ4n) is 1.50. The Morgan fingerprint density at radius 2 is 2.44 bits per heavy atom. The lowest BCUT2D eigenvalue weighted by Gasteiger charge is -2.15. The zero-order chi connectivity index (χ0) is 11.4. The monoisotopic (exact) mass is 238 g/mol. The predicted octanol–water partition coefficient (Wildman–Crippen LogP) is 1.77. The highest BCUT2D eigenvalue weighted by Crippen LogP contribution is 2.22. The van der Waals surface area contributed by atoms with Crippen molar-refractivity contribution in [2.75, 3.05) is 6.54 Å². The van der Waals surface area contributed by atoms with Gasteiger partial charge in [-0.3, -0.25) is 4.98 Å². The third-order valence-corrected chi connectivity index (χ3v) is 2.72. The van der Waals surface area contributed by atoms with Crippen LogP contribution in [0.4, 0.5) is 4.39 Å². The van der Waals surface area contributed by atoms with Gasteiger partial charge in [0.25, 0.3) is 0 Å². The van der Waals surface area contributed by atoms with Gasteiger partial charge in [-0.15, -0.1) is 5.10 Å². The molecule has 0 saturated carbocycles. The second-order valence-electron chi connectivity index (χ2n) is 3.22. The average Bonchev–Trinajstić information content (AvgIpc) is 2.80. The van der Waals surface area contributed by atoms with Crippen LogP contribution in [0.2, 0.25) is 0 Å². The Hall–Kier alpha value is -1.40. The summed E-state index contributed by atoms with van der Waals surface area (Å²) in [6.07, 6.45) is 2.78. The van der Waals surface area contributed by atoms with Crippen LogP contribution in [0.5, 0.6) is 0 Å². The van der Waals surface area contributed by atoms with Crippen molar-refractivity contribution in [1.29, 1.82) is 0 Å². The lowest BCUT2D eigenvalue weighted by atomic mass is 10.1. The van der Waals surface area contributed by atoms with Gasteiger partial charge in [-0.25, -0.2) is 4.39 Å². The van der Waals surface area contributed by atoms with Crippen molar-refractivity contribution in [1.82, 2.24) is 19.9 Å². The van der Waals surface area contributed by atoms with Crippen molar-refractivity contribution >= 4 is 11.5 Å². The molecule has 0 fully saturated rings. The highest BCUT2D eigenvalue weighted by molar-refractivity contribution is 7.03. The van der Waals surface area contributed by atoms with E-state index in [2.05, 4.69) is 19.9 Å². The third kappa shape index (κ3) is 2.23. The summed E-state index contributed by atoms with van der Waals surface area (Å²) >= 11 is 1.26. The van der Waals surface area contributed by atoms with E-state index in [1.165, 1.54) is 17.7 Å². The van der Waals surface area contributed by atoms with Gasteiger partial charge in [0.1, 0.15) is 5.82 Å². The Morgan fingerprint density at radius 1 is 1.56 bits per heavy atom. The highest BCUT2D eigenvalue weighted by Gasteiger charge is 2.18. The molecule has 0 aromatic carbocycles. The van der Waals surface area contributed by atoms with Crippen molar-refractivity contribution in [3.8, 4) is 0 Å². The first-order valence-electron chi connectivity index (χ1n) is 4.92. The average molecular weight is 238 g/mol. The van der Waals surface area contributed by atoms with E-state index < -0.39 is 0 Å². The van der Waals surface area contributed by atoms with Crippen molar-refractivity contribution in [3.63, 3.8) is 0 Å². The lowest BCUT2D eigenvalue weighted by Crippen LogP contribution is -2.23. The molecule has 0 aliphatic rings. The van der Waals surface area contributed by atoms with E-state index in [1.54, 1.807) is 12.3 Å². The molecule has 4 nitrogen and oxygen atoms in total. The Morgan fingerprint density at radius 3 is 3.06 bits per heavy atom. The molecule has 0 aliphatic carbocycles. The molecule has 2 aromatic heterocycles. The molecule has 2 heterocycles. The quantitative estimate of drug-likeness (QED) is 0.882. The number of aromatic nitrogens is 3. The van der Waals surface area contributed by atoms with Crippen molar-refractivity contribution in [3.05, 3.63) is 40.9 Å². The smallest absolute Gasteiger partial charge is 0.146 e. The molecule has 6 heteroatoms. The lowest BCUT2D eigenvalue weighted by molar-refractivity contribution is 0.547. The number of nitrogens with one attached hydrogen (secondary N) is 1. The van der Waals surface area contributed by atoms with E-state index in [9.17, 15) is 4.39 Å². The Labute approximate surface area is 96.7 Å². The number of rotatable bonds is 4. The summed E-state index contributed by atoms with van der Waals surface area (Å²) in [6, 6.07) is 1.40. The standard InChI is InChI=1S/C10H11FN4S/c1-2-13-10(9-6-16-15-14-9)7-3-4-12-5-8(7)11/h3-6,10,13H,2H2,1H3. The molecule has 1 unspecified atom stereocenters. The van der Waals surface area contributed by atoms with Crippen LogP contribution in [0.1, 0.15) is 24.2 Å². The fraction of sp³-hybridized carbons (Fsp3) is 0.300. The minimum atomic E-state index is -0.332. The van der Waals surface area contributed by atoms with Gasteiger partial charge in [0.05, 0.1) is 17.9 Å². The van der Waals surface area contributed by atoms with Crippen molar-refractivity contribution < 1.29 is 4.39 Å². The van der Waals surface area contributed by atoms with E-state index in [4.69, 9.17) is 0 Å². The molecule has 0 spiro atoms. The van der Waals surface area contributed by atoms with E-state index >= 15 is 0 Å². The molecule has 0 bridgehead atoms. The van der Waals surface area contributed by atoms with Crippen molar-refractivity contribution in [2.24, 2.45) is 0 Å². The van der Waals surface area contributed by atoms with Crippen LogP contribution in [-0.2, 0) is 0 Å².